The van der Waals surface area contributed by atoms with Gasteiger partial charge in [0.1, 0.15) is 9.84 Å². The van der Waals surface area contributed by atoms with Gasteiger partial charge in [-0.15, -0.1) is 6.07 Å². The summed E-state index contributed by atoms with van der Waals surface area (Å²) in [6, 6.07) is 8.20. The molecule has 186 valence electrons. The summed E-state index contributed by atoms with van der Waals surface area (Å²) in [5.74, 6) is -1.98. The van der Waals surface area contributed by atoms with Crippen molar-refractivity contribution >= 4 is 30.4 Å². The Kier molecular flexibility index (Phi) is 7.30. The van der Waals surface area contributed by atoms with E-state index in [9.17, 15) is 56.3 Å². The van der Waals surface area contributed by atoms with E-state index in [2.05, 4.69) is 0 Å². The van der Waals surface area contributed by atoms with Crippen molar-refractivity contribution in [3.8, 4) is 0 Å². The second kappa shape index (κ2) is 8.89. The molecule has 0 aromatic heterocycles. The molecule has 0 bridgehead atoms. The van der Waals surface area contributed by atoms with Crippen LogP contribution in [0, 0.1) is 4.58 Å². The fourth-order valence-corrected chi connectivity index (χ4v) is 7.58. The number of rotatable bonds is 7. The van der Waals surface area contributed by atoms with Gasteiger partial charge in [0.05, 0.1) is 23.2 Å². The number of halogens is 9. The van der Waals surface area contributed by atoms with Gasteiger partial charge in [-0.05, 0) is 5.39 Å². The van der Waals surface area contributed by atoms with Crippen molar-refractivity contribution in [1.29, 1.82) is 0 Å². The van der Waals surface area contributed by atoms with Crippen LogP contribution in [-0.2, 0) is 19.7 Å². The maximum absolute atomic E-state index is 13.4. The summed E-state index contributed by atoms with van der Waals surface area (Å²) in [6.45, 7) is 0. The summed E-state index contributed by atoms with van der Waals surface area (Å²) in [4.78, 5) is 0. The summed E-state index contributed by atoms with van der Waals surface area (Å²) >= 11 is 0. The molecule has 0 saturated carbocycles. The summed E-state index contributed by atoms with van der Waals surface area (Å²) in [5, 5.41) is -3.80. The number of fused-ring (bicyclic) bond motifs is 1. The first-order valence-electron chi connectivity index (χ1n) is 8.77. The minimum atomic E-state index is -6.38. The molecule has 0 saturated heterocycles. The van der Waals surface area contributed by atoms with Crippen molar-refractivity contribution in [3.63, 3.8) is 0 Å². The van der Waals surface area contributed by atoms with E-state index in [-0.39, 0.29) is 5.39 Å². The minimum Gasteiger partial charge on any atom is -0.236 e. The molecule has 0 aliphatic rings. The van der Waals surface area contributed by atoms with Crippen LogP contribution in [0.3, 0.4) is 0 Å². The van der Waals surface area contributed by atoms with Crippen LogP contribution < -0.4 is 0 Å². The van der Waals surface area contributed by atoms with Crippen LogP contribution in [0.15, 0.2) is 42.5 Å². The first-order valence-corrected chi connectivity index (χ1v) is 12.0. The molecule has 2 aromatic carbocycles. The van der Waals surface area contributed by atoms with E-state index in [1.165, 1.54) is 24.3 Å². The second-order valence-corrected chi connectivity index (χ2v) is 11.3. The maximum atomic E-state index is 13.4. The highest BCUT2D eigenvalue weighted by Crippen LogP contribution is 2.43. The molecular weight excluding hydrogens is 515 g/mol. The van der Waals surface area contributed by atoms with Crippen LogP contribution >= 0.6 is 0 Å². The molecule has 2 aromatic rings. The van der Waals surface area contributed by atoms with E-state index < -0.39 is 72.2 Å². The van der Waals surface area contributed by atoms with Crippen LogP contribution in [0.4, 0.5) is 39.5 Å². The lowest BCUT2D eigenvalue weighted by molar-refractivity contribution is -0.179. The quantitative estimate of drug-likeness (QED) is 0.359. The van der Waals surface area contributed by atoms with Gasteiger partial charge in [0.2, 0.25) is 0 Å². The standard InChI is InChI=1S/C18H14F9O4S2/c19-16(20,21)7-8-32(28,29)15(13-6-5-11-3-1-2-4-12(11)9-13)33(30,31)14(18(25,26)27)10-17(22,23)24/h1-6,9,14H,7-8,10H2/q-1. The van der Waals surface area contributed by atoms with Crippen molar-refractivity contribution in [2.75, 3.05) is 5.75 Å². The highest BCUT2D eigenvalue weighted by Gasteiger charge is 2.56. The number of alkyl halides is 9. The Morgan fingerprint density at radius 2 is 1.30 bits per heavy atom. The Bertz CT molecular complexity index is 1200. The monoisotopic (exact) mass is 529 g/mol. The highest BCUT2D eigenvalue weighted by molar-refractivity contribution is 8.13. The van der Waals surface area contributed by atoms with Crippen molar-refractivity contribution in [2.24, 2.45) is 0 Å². The molecule has 0 aliphatic carbocycles. The Balaban J connectivity index is 2.76. The molecule has 0 fully saturated rings. The molecule has 4 nitrogen and oxygen atoms in total. The molecule has 0 aliphatic heterocycles. The van der Waals surface area contributed by atoms with Gasteiger partial charge in [0.25, 0.3) is 0 Å². The molecule has 0 spiro atoms. The molecule has 33 heavy (non-hydrogen) atoms. The fraction of sp³-hybridized carbons (Fsp3) is 0.389. The Morgan fingerprint density at radius 3 is 1.79 bits per heavy atom. The lowest BCUT2D eigenvalue weighted by atomic mass is 10.1. The van der Waals surface area contributed by atoms with Crippen LogP contribution in [0.1, 0.15) is 18.4 Å². The minimum absolute atomic E-state index is 0.0908. The predicted octanol–water partition coefficient (Wildman–Crippen LogP) is 5.34. The Hall–Kier alpha value is -2.16. The highest BCUT2D eigenvalue weighted by atomic mass is 32.3. The average molecular weight is 529 g/mol. The van der Waals surface area contributed by atoms with Gasteiger partial charge in [0, 0.05) is 0 Å². The van der Waals surface area contributed by atoms with Gasteiger partial charge in [-0.2, -0.15) is 57.2 Å². The summed E-state index contributed by atoms with van der Waals surface area (Å²) < 4.78 is 165. The van der Waals surface area contributed by atoms with E-state index >= 15 is 0 Å². The van der Waals surface area contributed by atoms with Crippen molar-refractivity contribution < 1.29 is 56.3 Å². The fourth-order valence-electron chi connectivity index (χ4n) is 2.92. The van der Waals surface area contributed by atoms with E-state index in [1.807, 2.05) is 0 Å². The van der Waals surface area contributed by atoms with Crippen LogP contribution in [0.25, 0.3) is 10.8 Å². The first kappa shape index (κ1) is 27.1. The van der Waals surface area contributed by atoms with E-state index in [0.717, 1.165) is 12.1 Å². The smallest absolute Gasteiger partial charge is 0.236 e. The van der Waals surface area contributed by atoms with Gasteiger partial charge >= 0.3 is 18.5 Å². The van der Waals surface area contributed by atoms with Crippen molar-refractivity contribution in [1.82, 2.24) is 0 Å². The summed E-state index contributed by atoms with van der Waals surface area (Å²) in [6.07, 6.45) is -22.0. The number of sulfone groups is 2. The van der Waals surface area contributed by atoms with Gasteiger partial charge in [-0.25, -0.2) is 16.8 Å². The zero-order valence-corrected chi connectivity index (χ0v) is 17.7. The molecular formula is C18H14F9O4S2-. The van der Waals surface area contributed by atoms with Crippen LogP contribution in [0.5, 0.6) is 0 Å². The van der Waals surface area contributed by atoms with Gasteiger partial charge in [-0.1, -0.05) is 29.7 Å². The zero-order valence-electron chi connectivity index (χ0n) is 16.1. The normalized spacial score (nSPS) is 14.9. The van der Waals surface area contributed by atoms with Crippen molar-refractivity contribution in [2.45, 2.75) is 36.6 Å². The summed E-state index contributed by atoms with van der Waals surface area (Å²) in [5.41, 5.74) is -0.979. The third-order valence-corrected chi connectivity index (χ3v) is 9.27. The molecule has 2 rings (SSSR count). The Labute approximate surface area is 182 Å². The van der Waals surface area contributed by atoms with Gasteiger partial charge < -0.3 is 0 Å². The lowest BCUT2D eigenvalue weighted by Crippen LogP contribution is -2.44. The van der Waals surface area contributed by atoms with Gasteiger partial charge in [0.15, 0.2) is 15.1 Å². The molecule has 0 amide bonds. The molecule has 15 heteroatoms. The molecule has 0 N–H and O–H groups in total. The average Bonchev–Trinajstić information content (AvgIpc) is 2.62. The van der Waals surface area contributed by atoms with E-state index in [0.29, 0.717) is 11.5 Å². The van der Waals surface area contributed by atoms with Gasteiger partial charge in [-0.3, -0.25) is 0 Å². The second-order valence-electron chi connectivity index (χ2n) is 6.93. The topological polar surface area (TPSA) is 68.3 Å². The van der Waals surface area contributed by atoms with E-state index in [4.69, 9.17) is 0 Å². The molecule has 1 unspecified atom stereocenters. The zero-order chi connectivity index (χ0) is 25.5. The van der Waals surface area contributed by atoms with Crippen LogP contribution in [-0.4, -0.2) is 46.4 Å². The van der Waals surface area contributed by atoms with E-state index in [1.54, 1.807) is 0 Å². The molecule has 1 atom stereocenters. The van der Waals surface area contributed by atoms with Crippen molar-refractivity contribution in [3.05, 3.63) is 52.6 Å². The third kappa shape index (κ3) is 6.91. The predicted molar refractivity (Wildman–Crippen MR) is 100 cm³/mol. The number of hydrogen-bond acceptors (Lipinski definition) is 4. The molecule has 0 heterocycles. The molecule has 0 radical (unpaired) electrons. The SMILES string of the molecule is O=S(=O)(CCC(F)(F)F)[C-](c1ccc2ccccc2c1)S(=O)(=O)C(CC(F)(F)F)C(F)(F)F. The number of hydrogen-bond donors (Lipinski definition) is 0. The largest absolute Gasteiger partial charge is 0.405 e. The third-order valence-electron chi connectivity index (χ3n) is 4.34. The number of benzene rings is 2. The van der Waals surface area contributed by atoms with Crippen LogP contribution in [0.2, 0.25) is 0 Å². The lowest BCUT2D eigenvalue weighted by Gasteiger charge is -2.31. The Morgan fingerprint density at radius 1 is 0.758 bits per heavy atom. The first-order chi connectivity index (χ1) is 14.7. The summed E-state index contributed by atoms with van der Waals surface area (Å²) in [7, 11) is -12.0. The maximum Gasteiger partial charge on any atom is 0.405 e.